The molecule has 16 heavy (non-hydrogen) atoms. The van der Waals surface area contributed by atoms with Crippen LogP contribution in [0.2, 0.25) is 0 Å². The van der Waals surface area contributed by atoms with E-state index in [1.165, 1.54) is 57.1 Å². The summed E-state index contributed by atoms with van der Waals surface area (Å²) < 4.78 is 0. The van der Waals surface area contributed by atoms with Gasteiger partial charge in [0.15, 0.2) is 0 Å². The van der Waals surface area contributed by atoms with Gasteiger partial charge in [-0.1, -0.05) is 43.2 Å². The van der Waals surface area contributed by atoms with Crippen molar-refractivity contribution in [3.8, 4) is 0 Å². The lowest BCUT2D eigenvalue weighted by atomic mass is 9.93. The van der Waals surface area contributed by atoms with Gasteiger partial charge in [-0.3, -0.25) is 0 Å². The molecule has 1 heteroatoms. The van der Waals surface area contributed by atoms with Crippen molar-refractivity contribution in [3.63, 3.8) is 0 Å². The second kappa shape index (κ2) is 6.70. The second-order valence-electron chi connectivity index (χ2n) is 4.88. The average molecular weight is 217 g/mol. The summed E-state index contributed by atoms with van der Waals surface area (Å²) in [5, 5.41) is 3.62. The van der Waals surface area contributed by atoms with E-state index < -0.39 is 0 Å². The lowest BCUT2D eigenvalue weighted by Gasteiger charge is -2.26. The zero-order valence-corrected chi connectivity index (χ0v) is 10.1. The number of aryl methyl sites for hydroxylation is 1. The van der Waals surface area contributed by atoms with Gasteiger partial charge >= 0.3 is 0 Å². The zero-order chi connectivity index (χ0) is 11.1. The Labute approximate surface area is 99.3 Å². The number of unbranched alkanes of at least 4 members (excludes halogenated alkanes) is 2. The maximum atomic E-state index is 3.62. The summed E-state index contributed by atoms with van der Waals surface area (Å²) in [6.45, 7) is 1.22. The van der Waals surface area contributed by atoms with Crippen LogP contribution < -0.4 is 5.32 Å². The summed E-state index contributed by atoms with van der Waals surface area (Å²) in [6, 6.07) is 11.7. The van der Waals surface area contributed by atoms with Gasteiger partial charge in [0.2, 0.25) is 0 Å². The molecular weight excluding hydrogens is 194 g/mol. The lowest BCUT2D eigenvalue weighted by Crippen LogP contribution is -2.35. The summed E-state index contributed by atoms with van der Waals surface area (Å²) in [5.74, 6) is 0. The lowest BCUT2D eigenvalue weighted by molar-refractivity contribution is 0.337. The largest absolute Gasteiger partial charge is 0.314 e. The molecule has 88 valence electrons. The predicted octanol–water partition coefficient (Wildman–Crippen LogP) is 3.54. The van der Waals surface area contributed by atoms with E-state index in [4.69, 9.17) is 0 Å². The molecule has 1 fully saturated rings. The fourth-order valence-corrected chi connectivity index (χ4v) is 2.19. The molecule has 1 saturated carbocycles. The Balaban J connectivity index is 1.45. The molecule has 0 unspecified atom stereocenters. The maximum absolute atomic E-state index is 3.62. The molecule has 1 nitrogen and oxygen atoms in total. The smallest absolute Gasteiger partial charge is 0.00670 e. The van der Waals surface area contributed by atoms with Gasteiger partial charge in [-0.05, 0) is 44.2 Å². The summed E-state index contributed by atoms with van der Waals surface area (Å²) >= 11 is 0. The van der Waals surface area contributed by atoms with Gasteiger partial charge in [0.1, 0.15) is 0 Å². The van der Waals surface area contributed by atoms with Crippen LogP contribution in [0, 0.1) is 0 Å². The van der Waals surface area contributed by atoms with Crippen LogP contribution in [0.25, 0.3) is 0 Å². The van der Waals surface area contributed by atoms with Crippen molar-refractivity contribution < 1.29 is 0 Å². The van der Waals surface area contributed by atoms with Gasteiger partial charge in [0.25, 0.3) is 0 Å². The minimum atomic E-state index is 0.856. The Morgan fingerprint density at radius 2 is 1.81 bits per heavy atom. The molecule has 2 rings (SSSR count). The third kappa shape index (κ3) is 3.97. The maximum Gasteiger partial charge on any atom is 0.00670 e. The zero-order valence-electron chi connectivity index (χ0n) is 10.1. The van der Waals surface area contributed by atoms with Gasteiger partial charge in [-0.25, -0.2) is 0 Å². The molecule has 1 aliphatic carbocycles. The minimum absolute atomic E-state index is 0.856. The van der Waals surface area contributed by atoms with E-state index in [0.29, 0.717) is 0 Å². The topological polar surface area (TPSA) is 12.0 Å². The molecule has 1 aliphatic rings. The summed E-state index contributed by atoms with van der Waals surface area (Å²) in [5.41, 5.74) is 1.48. The van der Waals surface area contributed by atoms with E-state index in [-0.39, 0.29) is 0 Å². The summed E-state index contributed by atoms with van der Waals surface area (Å²) in [6.07, 6.45) is 9.51. The molecule has 0 aromatic heterocycles. The van der Waals surface area contributed by atoms with E-state index in [1.54, 1.807) is 0 Å². The average Bonchev–Trinajstić information content (AvgIpc) is 2.27. The third-order valence-electron chi connectivity index (χ3n) is 3.52. The quantitative estimate of drug-likeness (QED) is 0.689. The fraction of sp³-hybridized carbons (Fsp3) is 0.600. The molecule has 0 heterocycles. The molecular formula is C15H23N. The fourth-order valence-electron chi connectivity index (χ4n) is 2.19. The third-order valence-corrected chi connectivity index (χ3v) is 3.52. The van der Waals surface area contributed by atoms with Gasteiger partial charge in [0, 0.05) is 6.04 Å². The number of benzene rings is 1. The first-order valence-electron chi connectivity index (χ1n) is 6.72. The molecule has 0 aliphatic heterocycles. The Bertz CT molecular complexity index is 277. The van der Waals surface area contributed by atoms with Crippen molar-refractivity contribution in [3.05, 3.63) is 35.9 Å². The first-order chi connectivity index (χ1) is 7.95. The summed E-state index contributed by atoms with van der Waals surface area (Å²) in [7, 11) is 0. The van der Waals surface area contributed by atoms with E-state index in [2.05, 4.69) is 35.6 Å². The van der Waals surface area contributed by atoms with Crippen molar-refractivity contribution >= 4 is 0 Å². The Hall–Kier alpha value is -0.820. The van der Waals surface area contributed by atoms with Crippen LogP contribution in [-0.2, 0) is 6.42 Å². The molecule has 0 radical (unpaired) electrons. The van der Waals surface area contributed by atoms with Gasteiger partial charge in [-0.15, -0.1) is 0 Å². The van der Waals surface area contributed by atoms with Crippen molar-refractivity contribution in [2.75, 3.05) is 6.54 Å². The molecule has 1 aromatic carbocycles. The minimum Gasteiger partial charge on any atom is -0.314 e. The number of hydrogen-bond donors (Lipinski definition) is 1. The Morgan fingerprint density at radius 3 is 2.50 bits per heavy atom. The van der Waals surface area contributed by atoms with E-state index >= 15 is 0 Å². The standard InChI is InChI=1S/C15H23N/c1-3-8-14(9-4-1)10-5-2-6-13-16-15-11-7-12-15/h1,3-4,8-9,15-16H,2,5-7,10-13H2. The van der Waals surface area contributed by atoms with Crippen LogP contribution in [-0.4, -0.2) is 12.6 Å². The van der Waals surface area contributed by atoms with Crippen LogP contribution in [0.15, 0.2) is 30.3 Å². The van der Waals surface area contributed by atoms with Crippen molar-refractivity contribution in [2.24, 2.45) is 0 Å². The van der Waals surface area contributed by atoms with Crippen molar-refractivity contribution in [1.29, 1.82) is 0 Å². The van der Waals surface area contributed by atoms with Crippen LogP contribution in [0.5, 0.6) is 0 Å². The highest BCUT2D eigenvalue weighted by Gasteiger charge is 2.15. The number of rotatable bonds is 7. The highest BCUT2D eigenvalue weighted by molar-refractivity contribution is 5.14. The first kappa shape index (κ1) is 11.7. The van der Waals surface area contributed by atoms with Crippen LogP contribution in [0.3, 0.4) is 0 Å². The van der Waals surface area contributed by atoms with Crippen molar-refractivity contribution in [1.82, 2.24) is 5.32 Å². The van der Waals surface area contributed by atoms with Gasteiger partial charge in [-0.2, -0.15) is 0 Å². The highest BCUT2D eigenvalue weighted by Crippen LogP contribution is 2.17. The normalized spacial score (nSPS) is 16.0. The first-order valence-corrected chi connectivity index (χ1v) is 6.72. The molecule has 0 bridgehead atoms. The molecule has 0 atom stereocenters. The van der Waals surface area contributed by atoms with Crippen LogP contribution in [0.1, 0.15) is 44.1 Å². The van der Waals surface area contributed by atoms with Gasteiger partial charge < -0.3 is 5.32 Å². The summed E-state index contributed by atoms with van der Waals surface area (Å²) in [4.78, 5) is 0. The van der Waals surface area contributed by atoms with Crippen LogP contribution >= 0.6 is 0 Å². The van der Waals surface area contributed by atoms with E-state index in [1.807, 2.05) is 0 Å². The second-order valence-corrected chi connectivity index (χ2v) is 4.88. The SMILES string of the molecule is c1ccc(CCCCCNC2CCC2)cc1. The molecule has 1 N–H and O–H groups in total. The van der Waals surface area contributed by atoms with Gasteiger partial charge in [0.05, 0.1) is 0 Å². The number of nitrogens with one attached hydrogen (secondary N) is 1. The predicted molar refractivity (Wildman–Crippen MR) is 69.6 cm³/mol. The van der Waals surface area contributed by atoms with E-state index in [0.717, 1.165) is 6.04 Å². The molecule has 0 saturated heterocycles. The molecule has 0 amide bonds. The molecule has 0 spiro atoms. The Kier molecular flexibility index (Phi) is 4.88. The van der Waals surface area contributed by atoms with E-state index in [9.17, 15) is 0 Å². The van der Waals surface area contributed by atoms with Crippen molar-refractivity contribution in [2.45, 2.75) is 51.0 Å². The Morgan fingerprint density at radius 1 is 1.00 bits per heavy atom. The molecule has 1 aromatic rings. The monoisotopic (exact) mass is 217 g/mol. The van der Waals surface area contributed by atoms with Crippen LogP contribution in [0.4, 0.5) is 0 Å². The highest BCUT2D eigenvalue weighted by atomic mass is 14.9. The number of hydrogen-bond acceptors (Lipinski definition) is 1.